The Morgan fingerprint density at radius 1 is 0.962 bits per heavy atom. The van der Waals surface area contributed by atoms with Crippen LogP contribution in [0, 0.1) is 0 Å². The fraction of sp³-hybridized carbons (Fsp3) is 0.333. The molecule has 2 amide bonds. The fourth-order valence-corrected chi connectivity index (χ4v) is 2.66. The van der Waals surface area contributed by atoms with Crippen LogP contribution in [-0.4, -0.2) is 37.0 Å². The maximum atomic E-state index is 12.6. The molecule has 138 valence electrons. The van der Waals surface area contributed by atoms with Crippen molar-refractivity contribution < 1.29 is 14.3 Å². The number of nitrogens with zero attached hydrogens (tertiary/aromatic N) is 2. The van der Waals surface area contributed by atoms with Gasteiger partial charge in [-0.15, -0.1) is 0 Å². The van der Waals surface area contributed by atoms with E-state index < -0.39 is 6.09 Å². The Balaban J connectivity index is 1.91. The summed E-state index contributed by atoms with van der Waals surface area (Å²) in [6, 6.07) is 18.8. The highest BCUT2D eigenvalue weighted by molar-refractivity contribution is 5.93. The van der Waals surface area contributed by atoms with Gasteiger partial charge in [-0.25, -0.2) is 4.79 Å². The van der Waals surface area contributed by atoms with Crippen molar-refractivity contribution in [2.24, 2.45) is 0 Å². The molecule has 2 aromatic rings. The first-order valence-corrected chi connectivity index (χ1v) is 8.78. The maximum absolute atomic E-state index is 12.6. The van der Waals surface area contributed by atoms with Gasteiger partial charge in [0, 0.05) is 32.2 Å². The second-order valence-corrected chi connectivity index (χ2v) is 6.21. The van der Waals surface area contributed by atoms with Crippen molar-refractivity contribution in [1.29, 1.82) is 0 Å². The third kappa shape index (κ3) is 5.34. The lowest BCUT2D eigenvalue weighted by atomic mass is 10.1. The third-order valence-corrected chi connectivity index (χ3v) is 4.44. The van der Waals surface area contributed by atoms with Gasteiger partial charge in [-0.3, -0.25) is 4.79 Å². The van der Waals surface area contributed by atoms with Crippen LogP contribution >= 0.6 is 0 Å². The molecule has 5 nitrogen and oxygen atoms in total. The number of ether oxygens (including phenoxy) is 1. The molecule has 1 unspecified atom stereocenters. The maximum Gasteiger partial charge on any atom is 0.410 e. The van der Waals surface area contributed by atoms with E-state index >= 15 is 0 Å². The summed E-state index contributed by atoms with van der Waals surface area (Å²) >= 11 is 0. The van der Waals surface area contributed by atoms with Crippen molar-refractivity contribution in [1.82, 2.24) is 4.90 Å². The summed E-state index contributed by atoms with van der Waals surface area (Å²) in [6.07, 6.45) is 0.500. The quantitative estimate of drug-likeness (QED) is 0.752. The fourth-order valence-electron chi connectivity index (χ4n) is 2.66. The van der Waals surface area contributed by atoms with Crippen LogP contribution in [-0.2, 0) is 16.1 Å². The average Bonchev–Trinajstić information content (AvgIpc) is 2.70. The van der Waals surface area contributed by atoms with E-state index in [0.717, 1.165) is 11.3 Å². The Morgan fingerprint density at radius 2 is 1.54 bits per heavy atom. The van der Waals surface area contributed by atoms with Crippen LogP contribution in [0.4, 0.5) is 10.5 Å². The van der Waals surface area contributed by atoms with Crippen LogP contribution in [0.25, 0.3) is 0 Å². The van der Waals surface area contributed by atoms with Gasteiger partial charge in [0.05, 0.1) is 0 Å². The van der Waals surface area contributed by atoms with Crippen LogP contribution in [0.5, 0.6) is 0 Å². The third-order valence-electron chi connectivity index (χ3n) is 4.44. The Labute approximate surface area is 155 Å². The van der Waals surface area contributed by atoms with E-state index in [0.29, 0.717) is 6.42 Å². The number of carbonyl (C=O) groups is 2. The lowest BCUT2D eigenvalue weighted by Crippen LogP contribution is -2.41. The first-order chi connectivity index (χ1) is 12.5. The predicted octanol–water partition coefficient (Wildman–Crippen LogP) is 4.09. The molecule has 26 heavy (non-hydrogen) atoms. The van der Waals surface area contributed by atoms with Crippen molar-refractivity contribution in [3.05, 3.63) is 66.2 Å². The lowest BCUT2D eigenvalue weighted by molar-refractivity contribution is -0.119. The Hall–Kier alpha value is -2.82. The molecule has 0 aliphatic rings. The normalized spacial score (nSPS) is 11.5. The van der Waals surface area contributed by atoms with Gasteiger partial charge in [0.15, 0.2) is 0 Å². The van der Waals surface area contributed by atoms with Crippen molar-refractivity contribution in [2.45, 2.75) is 32.4 Å². The van der Waals surface area contributed by atoms with Gasteiger partial charge in [-0.1, -0.05) is 55.5 Å². The topological polar surface area (TPSA) is 49.9 Å². The Bertz CT molecular complexity index is 704. The molecular weight excluding hydrogens is 328 g/mol. The smallest absolute Gasteiger partial charge is 0.410 e. The molecule has 0 aromatic heterocycles. The van der Waals surface area contributed by atoms with E-state index in [-0.39, 0.29) is 25.0 Å². The zero-order chi connectivity index (χ0) is 18.9. The molecule has 0 aliphatic heterocycles. The summed E-state index contributed by atoms with van der Waals surface area (Å²) in [4.78, 5) is 28.0. The van der Waals surface area contributed by atoms with Gasteiger partial charge >= 0.3 is 6.09 Å². The van der Waals surface area contributed by atoms with Gasteiger partial charge < -0.3 is 14.5 Å². The van der Waals surface area contributed by atoms with E-state index in [1.165, 1.54) is 4.90 Å². The molecule has 0 saturated carbocycles. The average molecular weight is 354 g/mol. The minimum Gasteiger partial charge on any atom is -0.445 e. The zero-order valence-electron chi connectivity index (χ0n) is 15.6. The van der Waals surface area contributed by atoms with Crippen molar-refractivity contribution >= 4 is 17.7 Å². The molecule has 0 radical (unpaired) electrons. The summed E-state index contributed by atoms with van der Waals surface area (Å²) in [5.74, 6) is -0.0363. The molecule has 0 heterocycles. The number of anilines is 1. The van der Waals surface area contributed by atoms with Crippen molar-refractivity contribution in [3.8, 4) is 0 Å². The van der Waals surface area contributed by atoms with Crippen LogP contribution in [0.2, 0.25) is 0 Å². The standard InChI is InChI=1S/C21H26N2O3/c1-4-18(15-20(24)22(2)19-13-9-6-10-14-19)23(3)21(25)26-16-17-11-7-5-8-12-17/h5-14,18H,4,15-16H2,1-3H3. The Kier molecular flexibility index (Phi) is 7.21. The first-order valence-electron chi connectivity index (χ1n) is 8.78. The second kappa shape index (κ2) is 9.61. The highest BCUT2D eigenvalue weighted by Gasteiger charge is 2.24. The van der Waals surface area contributed by atoms with Gasteiger partial charge in [0.2, 0.25) is 5.91 Å². The molecule has 2 aromatic carbocycles. The number of rotatable bonds is 7. The van der Waals surface area contributed by atoms with Crippen LogP contribution in [0.3, 0.4) is 0 Å². The molecule has 0 N–H and O–H groups in total. The number of hydrogen-bond donors (Lipinski definition) is 0. The molecule has 5 heteroatoms. The Morgan fingerprint density at radius 3 is 2.12 bits per heavy atom. The van der Waals surface area contributed by atoms with E-state index in [2.05, 4.69) is 0 Å². The number of carbonyl (C=O) groups excluding carboxylic acids is 2. The first kappa shape index (κ1) is 19.5. The van der Waals surface area contributed by atoms with Gasteiger partial charge in [0.25, 0.3) is 0 Å². The predicted molar refractivity (Wildman–Crippen MR) is 103 cm³/mol. The summed E-state index contributed by atoms with van der Waals surface area (Å²) in [6.45, 7) is 2.18. The summed E-state index contributed by atoms with van der Waals surface area (Å²) < 4.78 is 5.36. The minimum atomic E-state index is -0.420. The summed E-state index contributed by atoms with van der Waals surface area (Å²) in [5, 5.41) is 0. The number of para-hydroxylation sites is 1. The SMILES string of the molecule is CCC(CC(=O)N(C)c1ccccc1)N(C)C(=O)OCc1ccccc1. The molecule has 0 saturated heterocycles. The molecular formula is C21H26N2O3. The lowest BCUT2D eigenvalue weighted by Gasteiger charge is -2.28. The number of benzene rings is 2. The number of amides is 2. The monoisotopic (exact) mass is 354 g/mol. The largest absolute Gasteiger partial charge is 0.445 e. The molecule has 0 fully saturated rings. The van der Waals surface area contributed by atoms with E-state index in [4.69, 9.17) is 4.74 Å². The van der Waals surface area contributed by atoms with Gasteiger partial charge in [-0.05, 0) is 24.1 Å². The zero-order valence-corrected chi connectivity index (χ0v) is 15.6. The molecule has 0 aliphatic carbocycles. The van der Waals surface area contributed by atoms with E-state index in [1.54, 1.807) is 19.0 Å². The van der Waals surface area contributed by atoms with Crippen LogP contribution < -0.4 is 4.90 Å². The summed E-state index contributed by atoms with van der Waals surface area (Å²) in [7, 11) is 3.43. The van der Waals surface area contributed by atoms with Crippen molar-refractivity contribution in [2.75, 3.05) is 19.0 Å². The molecule has 0 bridgehead atoms. The molecule has 0 spiro atoms. The molecule has 1 atom stereocenters. The molecule has 2 rings (SSSR count). The minimum absolute atomic E-state index is 0.0363. The van der Waals surface area contributed by atoms with Gasteiger partial charge in [0.1, 0.15) is 6.61 Å². The highest BCUT2D eigenvalue weighted by Crippen LogP contribution is 2.16. The number of hydrogen-bond acceptors (Lipinski definition) is 3. The highest BCUT2D eigenvalue weighted by atomic mass is 16.6. The van der Waals surface area contributed by atoms with Crippen molar-refractivity contribution in [3.63, 3.8) is 0 Å². The van der Waals surface area contributed by atoms with Gasteiger partial charge in [-0.2, -0.15) is 0 Å². The second-order valence-electron chi connectivity index (χ2n) is 6.21. The van der Waals surface area contributed by atoms with Crippen LogP contribution in [0.1, 0.15) is 25.3 Å². The van der Waals surface area contributed by atoms with E-state index in [1.807, 2.05) is 67.6 Å². The summed E-state index contributed by atoms with van der Waals surface area (Å²) in [5.41, 5.74) is 1.77. The van der Waals surface area contributed by atoms with E-state index in [9.17, 15) is 9.59 Å². The van der Waals surface area contributed by atoms with Crippen LogP contribution in [0.15, 0.2) is 60.7 Å².